The minimum Gasteiger partial charge on any atom is -0.299 e. The van der Waals surface area contributed by atoms with Crippen LogP contribution in [0.4, 0.5) is 4.39 Å². The number of amides is 1. The average molecular weight is 416 g/mol. The molecule has 29 heavy (non-hydrogen) atoms. The predicted molar refractivity (Wildman–Crippen MR) is 116 cm³/mol. The summed E-state index contributed by atoms with van der Waals surface area (Å²) in [7, 11) is 0. The van der Waals surface area contributed by atoms with Gasteiger partial charge in [-0.3, -0.25) is 9.69 Å². The maximum Gasteiger partial charge on any atom is 0.243 e. The highest BCUT2D eigenvalue weighted by Gasteiger charge is 2.25. The van der Waals surface area contributed by atoms with Crippen LogP contribution in [0.15, 0.2) is 35.4 Å². The molecule has 0 radical (unpaired) electrons. The summed E-state index contributed by atoms with van der Waals surface area (Å²) in [5.41, 5.74) is 8.16. The van der Waals surface area contributed by atoms with Crippen LogP contribution in [0.25, 0.3) is 0 Å². The lowest BCUT2D eigenvalue weighted by atomic mass is 9.96. The molecule has 1 aliphatic heterocycles. The summed E-state index contributed by atoms with van der Waals surface area (Å²) in [6, 6.07) is 8.71. The highest BCUT2D eigenvalue weighted by molar-refractivity contribution is 6.31. The van der Waals surface area contributed by atoms with Gasteiger partial charge in [0.1, 0.15) is 5.82 Å². The van der Waals surface area contributed by atoms with Crippen LogP contribution >= 0.6 is 11.6 Å². The molecular formula is C23H27ClFN3O. The third-order valence-corrected chi connectivity index (χ3v) is 5.83. The molecule has 2 aromatic rings. The zero-order valence-electron chi connectivity index (χ0n) is 17.1. The summed E-state index contributed by atoms with van der Waals surface area (Å²) in [6.45, 7) is 8.42. The quantitative estimate of drug-likeness (QED) is 0.564. The number of hydrogen-bond donors (Lipinski definition) is 1. The van der Waals surface area contributed by atoms with Crippen molar-refractivity contribution in [3.63, 3.8) is 0 Å². The number of piperidine rings is 1. The molecule has 0 atom stereocenters. The van der Waals surface area contributed by atoms with Crippen molar-refractivity contribution in [2.24, 2.45) is 11.0 Å². The lowest BCUT2D eigenvalue weighted by Gasteiger charge is -2.31. The molecule has 0 aliphatic carbocycles. The number of hydrogen-bond acceptors (Lipinski definition) is 3. The second-order valence-electron chi connectivity index (χ2n) is 7.83. The van der Waals surface area contributed by atoms with E-state index in [1.165, 1.54) is 17.7 Å². The highest BCUT2D eigenvalue weighted by Crippen LogP contribution is 2.23. The summed E-state index contributed by atoms with van der Waals surface area (Å²) in [5.74, 6) is -0.416. The second kappa shape index (κ2) is 9.51. The minimum absolute atomic E-state index is 0.0388. The van der Waals surface area contributed by atoms with E-state index in [9.17, 15) is 9.18 Å². The topological polar surface area (TPSA) is 44.7 Å². The summed E-state index contributed by atoms with van der Waals surface area (Å²) >= 11 is 6.12. The number of benzene rings is 2. The fraction of sp³-hybridized carbons (Fsp3) is 0.391. The fourth-order valence-corrected chi connectivity index (χ4v) is 4.12. The molecule has 154 valence electrons. The largest absolute Gasteiger partial charge is 0.299 e. The molecule has 1 N–H and O–H groups in total. The number of halogens is 2. The summed E-state index contributed by atoms with van der Waals surface area (Å²) in [5, 5.41) is 4.63. The molecule has 0 unspecified atom stereocenters. The molecule has 1 fully saturated rings. The van der Waals surface area contributed by atoms with Crippen molar-refractivity contribution in [2.45, 2.75) is 40.2 Å². The van der Waals surface area contributed by atoms with E-state index in [1.807, 2.05) is 13.8 Å². The zero-order valence-corrected chi connectivity index (χ0v) is 17.9. The molecule has 0 bridgehead atoms. The Balaban J connectivity index is 1.50. The third-order valence-electron chi connectivity index (χ3n) is 5.47. The lowest BCUT2D eigenvalue weighted by Crippen LogP contribution is -2.39. The van der Waals surface area contributed by atoms with E-state index in [0.29, 0.717) is 11.6 Å². The Labute approximate surface area is 176 Å². The van der Waals surface area contributed by atoms with Crippen LogP contribution in [0.2, 0.25) is 5.02 Å². The van der Waals surface area contributed by atoms with Gasteiger partial charge < -0.3 is 0 Å². The first-order valence-electron chi connectivity index (χ1n) is 9.90. The van der Waals surface area contributed by atoms with E-state index < -0.39 is 0 Å². The van der Waals surface area contributed by atoms with Crippen LogP contribution in [0, 0.1) is 32.5 Å². The molecule has 6 heteroatoms. The molecule has 1 amide bonds. The van der Waals surface area contributed by atoms with Crippen molar-refractivity contribution < 1.29 is 9.18 Å². The van der Waals surface area contributed by atoms with Crippen LogP contribution < -0.4 is 5.43 Å². The van der Waals surface area contributed by atoms with Gasteiger partial charge in [-0.2, -0.15) is 5.10 Å². The number of likely N-dealkylation sites (tertiary alicyclic amines) is 1. The van der Waals surface area contributed by atoms with E-state index in [0.717, 1.165) is 48.2 Å². The molecule has 0 aromatic heterocycles. The standard InChI is InChI=1S/C23H27ClFN3O/c1-15-10-16(2)21(17(3)11-15)13-26-27-23(29)18-6-8-28(9-7-18)14-19-4-5-20(25)12-22(19)24/h4-5,10-13,18H,6-9,14H2,1-3H3,(H,27,29)/b26-13+. The Morgan fingerprint density at radius 3 is 2.48 bits per heavy atom. The van der Waals surface area contributed by atoms with Gasteiger partial charge in [-0.1, -0.05) is 35.4 Å². The van der Waals surface area contributed by atoms with Crippen molar-refractivity contribution in [2.75, 3.05) is 13.1 Å². The SMILES string of the molecule is Cc1cc(C)c(/C=N/NC(=O)C2CCN(Cc3ccc(F)cc3Cl)CC2)c(C)c1. The van der Waals surface area contributed by atoms with Gasteiger partial charge in [0.05, 0.1) is 6.21 Å². The first-order valence-corrected chi connectivity index (χ1v) is 10.3. The number of nitrogens with one attached hydrogen (secondary N) is 1. The normalized spacial score (nSPS) is 15.8. The second-order valence-corrected chi connectivity index (χ2v) is 8.24. The van der Waals surface area contributed by atoms with Gasteiger partial charge >= 0.3 is 0 Å². The summed E-state index contributed by atoms with van der Waals surface area (Å²) in [6.07, 6.45) is 3.26. The van der Waals surface area contributed by atoms with Crippen LogP contribution in [-0.4, -0.2) is 30.1 Å². The fourth-order valence-electron chi connectivity index (χ4n) is 3.89. The Kier molecular flexibility index (Phi) is 7.04. The van der Waals surface area contributed by atoms with Crippen LogP contribution in [0.5, 0.6) is 0 Å². The lowest BCUT2D eigenvalue weighted by molar-refractivity contribution is -0.126. The van der Waals surface area contributed by atoms with E-state index >= 15 is 0 Å². The van der Waals surface area contributed by atoms with Gasteiger partial charge in [0.25, 0.3) is 0 Å². The Hall–Kier alpha value is -2.24. The van der Waals surface area contributed by atoms with Gasteiger partial charge in [-0.25, -0.2) is 9.82 Å². The summed E-state index contributed by atoms with van der Waals surface area (Å²) < 4.78 is 13.2. The van der Waals surface area contributed by atoms with Crippen LogP contribution in [0.1, 0.15) is 40.7 Å². The number of hydrazone groups is 1. The van der Waals surface area contributed by atoms with E-state index in [2.05, 4.69) is 34.5 Å². The molecule has 1 saturated heterocycles. The Bertz CT molecular complexity index is 897. The summed E-state index contributed by atoms with van der Waals surface area (Å²) in [4.78, 5) is 14.7. The molecule has 4 nitrogen and oxygen atoms in total. The first kappa shape index (κ1) is 21.5. The van der Waals surface area contributed by atoms with Gasteiger partial charge in [0, 0.05) is 23.0 Å². The molecule has 1 aliphatic rings. The number of aryl methyl sites for hydroxylation is 3. The highest BCUT2D eigenvalue weighted by atomic mass is 35.5. The molecule has 1 heterocycles. The average Bonchev–Trinajstić information content (AvgIpc) is 2.66. The zero-order chi connectivity index (χ0) is 21.0. The van der Waals surface area contributed by atoms with Gasteiger partial charge in [-0.15, -0.1) is 0 Å². The predicted octanol–water partition coefficient (Wildman–Crippen LogP) is 4.77. The molecular weight excluding hydrogens is 389 g/mol. The smallest absolute Gasteiger partial charge is 0.243 e. The Morgan fingerprint density at radius 2 is 1.86 bits per heavy atom. The van der Waals surface area contributed by atoms with Gasteiger partial charge in [0.2, 0.25) is 5.91 Å². The van der Waals surface area contributed by atoms with E-state index in [1.54, 1.807) is 12.3 Å². The third kappa shape index (κ3) is 5.64. The first-order chi connectivity index (χ1) is 13.8. The van der Waals surface area contributed by atoms with E-state index in [4.69, 9.17) is 11.6 Å². The molecule has 0 spiro atoms. The van der Waals surface area contributed by atoms with Crippen molar-refractivity contribution in [3.05, 3.63) is 69.0 Å². The van der Waals surface area contributed by atoms with Gasteiger partial charge in [-0.05, 0) is 75.5 Å². The van der Waals surface area contributed by atoms with Crippen molar-refractivity contribution in [1.82, 2.24) is 10.3 Å². The molecule has 0 saturated carbocycles. The number of nitrogens with zero attached hydrogens (tertiary/aromatic N) is 2. The number of carbonyl (C=O) groups is 1. The maximum atomic E-state index is 13.2. The van der Waals surface area contributed by atoms with Crippen LogP contribution in [0.3, 0.4) is 0 Å². The van der Waals surface area contributed by atoms with Crippen LogP contribution in [-0.2, 0) is 11.3 Å². The molecule has 3 rings (SSSR count). The number of rotatable bonds is 5. The minimum atomic E-state index is -0.328. The van der Waals surface area contributed by atoms with Crippen molar-refractivity contribution in [1.29, 1.82) is 0 Å². The monoisotopic (exact) mass is 415 g/mol. The maximum absolute atomic E-state index is 13.2. The Morgan fingerprint density at radius 1 is 1.21 bits per heavy atom. The number of carbonyl (C=O) groups excluding carboxylic acids is 1. The van der Waals surface area contributed by atoms with Gasteiger partial charge in [0.15, 0.2) is 0 Å². The molecule has 2 aromatic carbocycles. The van der Waals surface area contributed by atoms with Crippen molar-refractivity contribution in [3.8, 4) is 0 Å². The van der Waals surface area contributed by atoms with E-state index in [-0.39, 0.29) is 17.6 Å². The van der Waals surface area contributed by atoms with Crippen molar-refractivity contribution >= 4 is 23.7 Å².